The monoisotopic (exact) mass is 397 g/mol. The third-order valence-electron chi connectivity index (χ3n) is 3.19. The van der Waals surface area contributed by atoms with Gasteiger partial charge in [0.1, 0.15) is 11.5 Å². The molecule has 2 rings (SSSR count). The van der Waals surface area contributed by atoms with Crippen LogP contribution >= 0.6 is 27.5 Å². The minimum absolute atomic E-state index is 0.221. The molecule has 0 spiro atoms. The summed E-state index contributed by atoms with van der Waals surface area (Å²) in [6.07, 6.45) is -0.0481. The van der Waals surface area contributed by atoms with Crippen molar-refractivity contribution in [3.8, 4) is 11.5 Å². The van der Waals surface area contributed by atoms with Gasteiger partial charge in [0.05, 0.1) is 12.1 Å². The van der Waals surface area contributed by atoms with Crippen LogP contribution < -0.4 is 14.8 Å². The fourth-order valence-corrected chi connectivity index (χ4v) is 2.36. The van der Waals surface area contributed by atoms with Crippen molar-refractivity contribution in [3.05, 3.63) is 52.0 Å². The Hall–Kier alpha value is -1.72. The number of rotatable bonds is 6. The van der Waals surface area contributed by atoms with Crippen molar-refractivity contribution in [1.82, 2.24) is 0 Å². The summed E-state index contributed by atoms with van der Waals surface area (Å²) in [7, 11) is 1.60. The highest BCUT2D eigenvalue weighted by Gasteiger charge is 2.18. The van der Waals surface area contributed by atoms with E-state index in [2.05, 4.69) is 21.2 Å². The molecule has 0 aliphatic heterocycles. The van der Waals surface area contributed by atoms with Crippen molar-refractivity contribution in [2.24, 2.45) is 0 Å². The summed E-state index contributed by atoms with van der Waals surface area (Å²) in [5, 5.41) is 3.34. The summed E-state index contributed by atoms with van der Waals surface area (Å²) < 4.78 is 11.6. The molecule has 2 aromatic carbocycles. The molecule has 2 aromatic rings. The van der Waals surface area contributed by atoms with E-state index in [0.717, 1.165) is 10.2 Å². The predicted octanol–water partition coefficient (Wildman–Crippen LogP) is 4.91. The molecule has 0 saturated heterocycles. The molecule has 4 nitrogen and oxygen atoms in total. The lowest BCUT2D eigenvalue weighted by atomic mass is 10.2. The van der Waals surface area contributed by atoms with E-state index in [-0.39, 0.29) is 5.91 Å². The second-order valence-electron chi connectivity index (χ2n) is 4.81. The van der Waals surface area contributed by atoms with Gasteiger partial charge in [0.25, 0.3) is 5.91 Å². The second kappa shape index (κ2) is 8.22. The van der Waals surface area contributed by atoms with Gasteiger partial charge in [-0.3, -0.25) is 4.79 Å². The van der Waals surface area contributed by atoms with Gasteiger partial charge in [-0.1, -0.05) is 18.5 Å². The highest BCUT2D eigenvalue weighted by atomic mass is 79.9. The first-order valence-electron chi connectivity index (χ1n) is 7.10. The second-order valence-corrected chi connectivity index (χ2v) is 6.07. The number of hydrogen-bond donors (Lipinski definition) is 1. The zero-order valence-electron chi connectivity index (χ0n) is 12.8. The van der Waals surface area contributed by atoms with Crippen LogP contribution in [0.15, 0.2) is 46.9 Å². The maximum atomic E-state index is 12.4. The van der Waals surface area contributed by atoms with Gasteiger partial charge >= 0.3 is 0 Å². The lowest BCUT2D eigenvalue weighted by molar-refractivity contribution is -0.122. The lowest BCUT2D eigenvalue weighted by Gasteiger charge is -2.17. The minimum Gasteiger partial charge on any atom is -0.497 e. The molecule has 1 atom stereocenters. The molecule has 0 saturated carbocycles. The highest BCUT2D eigenvalue weighted by molar-refractivity contribution is 9.10. The van der Waals surface area contributed by atoms with Crippen LogP contribution in [-0.2, 0) is 4.79 Å². The van der Waals surface area contributed by atoms with Gasteiger partial charge in [-0.25, -0.2) is 0 Å². The standard InChI is InChI=1S/C17H17BrClNO3/c1-3-16(23-13-7-5-12(22-2)6-8-13)17(21)20-11-4-9-14(18)15(19)10-11/h4-10,16H,3H2,1-2H3,(H,20,21). The van der Waals surface area contributed by atoms with E-state index in [0.29, 0.717) is 22.9 Å². The summed E-state index contributed by atoms with van der Waals surface area (Å²) in [6, 6.07) is 12.3. The topological polar surface area (TPSA) is 47.6 Å². The molecular formula is C17H17BrClNO3. The first-order chi connectivity index (χ1) is 11.0. The zero-order chi connectivity index (χ0) is 16.8. The quantitative estimate of drug-likeness (QED) is 0.752. The Morgan fingerprint density at radius 2 is 1.87 bits per heavy atom. The van der Waals surface area contributed by atoms with Gasteiger partial charge in [-0.15, -0.1) is 0 Å². The molecule has 0 aliphatic rings. The van der Waals surface area contributed by atoms with Crippen LogP contribution in [0.3, 0.4) is 0 Å². The van der Waals surface area contributed by atoms with Crippen LogP contribution in [0.1, 0.15) is 13.3 Å². The maximum Gasteiger partial charge on any atom is 0.265 e. The van der Waals surface area contributed by atoms with Crippen molar-refractivity contribution in [2.45, 2.75) is 19.4 Å². The molecule has 1 unspecified atom stereocenters. The normalized spacial score (nSPS) is 11.7. The molecule has 0 heterocycles. The summed E-state index contributed by atoms with van der Waals surface area (Å²) in [4.78, 5) is 12.4. The Kier molecular flexibility index (Phi) is 6.30. The molecule has 1 amide bonds. The molecule has 1 N–H and O–H groups in total. The number of methoxy groups -OCH3 is 1. The van der Waals surface area contributed by atoms with Crippen molar-refractivity contribution in [3.63, 3.8) is 0 Å². The van der Waals surface area contributed by atoms with Crippen LogP contribution in [0.2, 0.25) is 5.02 Å². The summed E-state index contributed by atoms with van der Waals surface area (Å²) in [6.45, 7) is 1.89. The Balaban J connectivity index is 2.03. The Labute approximate surface area is 148 Å². The van der Waals surface area contributed by atoms with Crippen molar-refractivity contribution in [2.75, 3.05) is 12.4 Å². The van der Waals surface area contributed by atoms with E-state index in [1.54, 1.807) is 49.6 Å². The number of amides is 1. The number of halogens is 2. The average molecular weight is 399 g/mol. The first kappa shape index (κ1) is 17.6. The van der Waals surface area contributed by atoms with Gasteiger partial charge < -0.3 is 14.8 Å². The molecule has 23 heavy (non-hydrogen) atoms. The molecule has 0 radical (unpaired) electrons. The smallest absolute Gasteiger partial charge is 0.265 e. The molecule has 0 fully saturated rings. The van der Waals surface area contributed by atoms with Crippen molar-refractivity contribution >= 4 is 39.1 Å². The number of benzene rings is 2. The van der Waals surface area contributed by atoms with Crippen LogP contribution in [-0.4, -0.2) is 19.1 Å². The summed E-state index contributed by atoms with van der Waals surface area (Å²) >= 11 is 9.34. The summed E-state index contributed by atoms with van der Waals surface area (Å²) in [5.74, 6) is 1.13. The van der Waals surface area contributed by atoms with Gasteiger partial charge in [-0.2, -0.15) is 0 Å². The van der Waals surface area contributed by atoms with Gasteiger partial charge in [0, 0.05) is 10.2 Å². The zero-order valence-corrected chi connectivity index (χ0v) is 15.1. The highest BCUT2D eigenvalue weighted by Crippen LogP contribution is 2.26. The lowest BCUT2D eigenvalue weighted by Crippen LogP contribution is -2.32. The molecule has 6 heteroatoms. The van der Waals surface area contributed by atoms with E-state index in [1.165, 1.54) is 0 Å². The van der Waals surface area contributed by atoms with Crippen LogP contribution in [0, 0.1) is 0 Å². The third kappa shape index (κ3) is 4.88. The molecular weight excluding hydrogens is 382 g/mol. The van der Waals surface area contributed by atoms with Gasteiger partial charge in [0.15, 0.2) is 6.10 Å². The van der Waals surface area contributed by atoms with E-state index in [4.69, 9.17) is 21.1 Å². The van der Waals surface area contributed by atoms with Crippen LogP contribution in [0.4, 0.5) is 5.69 Å². The molecule has 0 aromatic heterocycles. The van der Waals surface area contributed by atoms with Crippen molar-refractivity contribution in [1.29, 1.82) is 0 Å². The fourth-order valence-electron chi connectivity index (χ4n) is 1.94. The van der Waals surface area contributed by atoms with Crippen LogP contribution in [0.25, 0.3) is 0 Å². The number of nitrogens with one attached hydrogen (secondary N) is 1. The Morgan fingerprint density at radius 3 is 2.43 bits per heavy atom. The van der Waals surface area contributed by atoms with E-state index in [1.807, 2.05) is 6.92 Å². The Morgan fingerprint density at radius 1 is 1.22 bits per heavy atom. The number of ether oxygens (including phenoxy) is 2. The molecule has 0 bridgehead atoms. The molecule has 0 aliphatic carbocycles. The number of carbonyl (C=O) groups is 1. The largest absolute Gasteiger partial charge is 0.497 e. The van der Waals surface area contributed by atoms with Gasteiger partial charge in [-0.05, 0) is 64.8 Å². The van der Waals surface area contributed by atoms with E-state index in [9.17, 15) is 4.79 Å². The minimum atomic E-state index is -0.592. The average Bonchev–Trinajstić information content (AvgIpc) is 2.56. The van der Waals surface area contributed by atoms with Crippen LogP contribution in [0.5, 0.6) is 11.5 Å². The predicted molar refractivity (Wildman–Crippen MR) is 95.5 cm³/mol. The molecule has 122 valence electrons. The fraction of sp³-hybridized carbons (Fsp3) is 0.235. The van der Waals surface area contributed by atoms with Gasteiger partial charge in [0.2, 0.25) is 0 Å². The number of hydrogen-bond acceptors (Lipinski definition) is 3. The first-order valence-corrected chi connectivity index (χ1v) is 8.27. The maximum absolute atomic E-state index is 12.4. The Bertz CT molecular complexity index is 676. The SMILES string of the molecule is CCC(Oc1ccc(OC)cc1)C(=O)Nc1ccc(Br)c(Cl)c1. The summed E-state index contributed by atoms with van der Waals surface area (Å²) in [5.41, 5.74) is 0.625. The number of carbonyl (C=O) groups excluding carboxylic acids is 1. The van der Waals surface area contributed by atoms with E-state index < -0.39 is 6.10 Å². The van der Waals surface area contributed by atoms with E-state index >= 15 is 0 Å². The van der Waals surface area contributed by atoms with Crippen molar-refractivity contribution < 1.29 is 14.3 Å². The third-order valence-corrected chi connectivity index (χ3v) is 4.42. The number of anilines is 1.